The van der Waals surface area contributed by atoms with Crippen LogP contribution in [0.15, 0.2) is 24.3 Å². The SMILES string of the molecule is CCCCCCCCCC/C=C\C/C=C\CCC(=O)OC(COC(=O)CCCCCCCCCCCCCCC)COP(=O)([O-])OCC[N+](C)(C)C. The van der Waals surface area contributed by atoms with E-state index in [2.05, 4.69) is 26.0 Å². The normalized spacial score (nSPS) is 13.9. The van der Waals surface area contributed by atoms with E-state index in [1.54, 1.807) is 0 Å². The Hall–Kier alpha value is -1.51. The molecule has 0 aliphatic rings. The van der Waals surface area contributed by atoms with Gasteiger partial charge in [0.15, 0.2) is 6.10 Å². The van der Waals surface area contributed by atoms with Crippen molar-refractivity contribution in [2.75, 3.05) is 47.5 Å². The van der Waals surface area contributed by atoms with E-state index in [-0.39, 0.29) is 26.1 Å². The van der Waals surface area contributed by atoms with Crippen LogP contribution in [0.1, 0.15) is 181 Å². The first-order valence-corrected chi connectivity index (χ1v) is 22.5. The Bertz CT molecular complexity index is 949. The Balaban J connectivity index is 4.46. The molecule has 0 N–H and O–H groups in total. The van der Waals surface area contributed by atoms with Gasteiger partial charge in [-0.2, -0.15) is 0 Å². The Morgan fingerprint density at radius 1 is 0.596 bits per heavy atom. The summed E-state index contributed by atoms with van der Waals surface area (Å²) in [5, 5.41) is 0. The quantitative estimate of drug-likeness (QED) is 0.0201. The number of phosphoric ester groups is 1. The number of carbonyl (C=O) groups is 2. The molecule has 0 spiro atoms. The van der Waals surface area contributed by atoms with Crippen molar-refractivity contribution in [2.24, 2.45) is 0 Å². The number of unbranched alkanes of at least 4 members (excludes halogenated alkanes) is 20. The van der Waals surface area contributed by atoms with Crippen molar-refractivity contribution in [1.82, 2.24) is 0 Å². The Morgan fingerprint density at radius 2 is 1.08 bits per heavy atom. The molecular formula is C42H80NO8P. The second kappa shape index (κ2) is 35.2. The van der Waals surface area contributed by atoms with Gasteiger partial charge in [0, 0.05) is 12.8 Å². The molecule has 0 radical (unpaired) electrons. The molecule has 0 aromatic heterocycles. The molecule has 0 bridgehead atoms. The molecule has 0 amide bonds. The standard InChI is InChI=1S/C42H80NO8P/c1-6-8-10-12-14-16-18-20-21-23-25-27-29-31-33-35-42(45)51-40(39-50-52(46,47)49-37-36-43(3,4)5)38-48-41(44)34-32-30-28-26-24-22-19-17-15-13-11-9-7-2/h23,25,29,31,40H,6-22,24,26-28,30,32-39H2,1-5H3/b25-23-,31-29-. The summed E-state index contributed by atoms with van der Waals surface area (Å²) in [7, 11) is 1.14. The van der Waals surface area contributed by atoms with Gasteiger partial charge in [-0.05, 0) is 32.1 Å². The molecule has 9 nitrogen and oxygen atoms in total. The molecule has 0 heterocycles. The number of carbonyl (C=O) groups excluding carboxylic acids is 2. The lowest BCUT2D eigenvalue weighted by atomic mass is 10.0. The van der Waals surface area contributed by atoms with Gasteiger partial charge in [0.25, 0.3) is 7.82 Å². The molecule has 0 aromatic rings. The summed E-state index contributed by atoms with van der Waals surface area (Å²) in [5.41, 5.74) is 0. The van der Waals surface area contributed by atoms with Crippen LogP contribution in [0.4, 0.5) is 0 Å². The van der Waals surface area contributed by atoms with E-state index < -0.39 is 32.5 Å². The lowest BCUT2D eigenvalue weighted by Gasteiger charge is -2.28. The zero-order valence-corrected chi connectivity index (χ0v) is 35.2. The maximum atomic E-state index is 12.6. The molecule has 0 aliphatic heterocycles. The van der Waals surface area contributed by atoms with Crippen molar-refractivity contribution in [3.05, 3.63) is 24.3 Å². The average molecular weight is 758 g/mol. The van der Waals surface area contributed by atoms with Crippen LogP contribution in [-0.2, 0) is 32.7 Å². The van der Waals surface area contributed by atoms with Crippen LogP contribution in [0.3, 0.4) is 0 Å². The third-order valence-corrected chi connectivity index (χ3v) is 9.95. The minimum atomic E-state index is -4.63. The van der Waals surface area contributed by atoms with E-state index in [4.69, 9.17) is 18.5 Å². The van der Waals surface area contributed by atoms with Gasteiger partial charge in [0.05, 0.1) is 27.7 Å². The first-order chi connectivity index (χ1) is 25.0. The first kappa shape index (κ1) is 50.5. The van der Waals surface area contributed by atoms with Gasteiger partial charge < -0.3 is 27.9 Å². The molecule has 0 rings (SSSR count). The first-order valence-electron chi connectivity index (χ1n) is 21.0. The fourth-order valence-corrected chi connectivity index (χ4v) is 6.38. The smallest absolute Gasteiger partial charge is 0.306 e. The van der Waals surface area contributed by atoms with E-state index in [1.807, 2.05) is 33.3 Å². The zero-order valence-electron chi connectivity index (χ0n) is 34.3. The molecule has 0 fully saturated rings. The van der Waals surface area contributed by atoms with Crippen molar-refractivity contribution < 1.29 is 42.1 Å². The number of ether oxygens (including phenoxy) is 2. The van der Waals surface area contributed by atoms with Crippen LogP contribution in [0.25, 0.3) is 0 Å². The summed E-state index contributed by atoms with van der Waals surface area (Å²) in [5.74, 6) is -0.908. The third-order valence-electron chi connectivity index (χ3n) is 8.99. The van der Waals surface area contributed by atoms with Crippen molar-refractivity contribution in [3.63, 3.8) is 0 Å². The Morgan fingerprint density at radius 3 is 1.60 bits per heavy atom. The molecule has 0 aromatic carbocycles. The molecule has 0 aliphatic carbocycles. The molecule has 10 heteroatoms. The van der Waals surface area contributed by atoms with Crippen LogP contribution in [0.5, 0.6) is 0 Å². The second-order valence-electron chi connectivity index (χ2n) is 15.4. The van der Waals surface area contributed by atoms with E-state index in [1.165, 1.54) is 116 Å². The number of likely N-dealkylation sites (N-methyl/N-ethyl adjacent to an activating group) is 1. The second-order valence-corrected chi connectivity index (χ2v) is 16.8. The highest BCUT2D eigenvalue weighted by Gasteiger charge is 2.21. The van der Waals surface area contributed by atoms with Crippen LogP contribution in [0, 0.1) is 0 Å². The molecular weight excluding hydrogens is 677 g/mol. The van der Waals surface area contributed by atoms with Gasteiger partial charge in [-0.3, -0.25) is 14.2 Å². The highest BCUT2D eigenvalue weighted by molar-refractivity contribution is 7.45. The topological polar surface area (TPSA) is 111 Å². The summed E-state index contributed by atoms with van der Waals surface area (Å²) in [6.07, 6.45) is 36.5. The van der Waals surface area contributed by atoms with Gasteiger partial charge in [-0.15, -0.1) is 0 Å². The predicted octanol–water partition coefficient (Wildman–Crippen LogP) is 10.9. The largest absolute Gasteiger partial charge is 0.756 e. The van der Waals surface area contributed by atoms with Crippen molar-refractivity contribution >= 4 is 19.8 Å². The number of esters is 2. The fraction of sp³-hybridized carbons (Fsp3) is 0.857. The van der Waals surface area contributed by atoms with Crippen LogP contribution < -0.4 is 4.89 Å². The van der Waals surface area contributed by atoms with Gasteiger partial charge in [-0.25, -0.2) is 0 Å². The van der Waals surface area contributed by atoms with Gasteiger partial charge in [-0.1, -0.05) is 160 Å². The minimum Gasteiger partial charge on any atom is -0.756 e. The number of hydrogen-bond donors (Lipinski definition) is 0. The summed E-state index contributed by atoms with van der Waals surface area (Å²) in [4.78, 5) is 37.4. The zero-order chi connectivity index (χ0) is 38.6. The van der Waals surface area contributed by atoms with Gasteiger partial charge >= 0.3 is 11.9 Å². The predicted molar refractivity (Wildman–Crippen MR) is 213 cm³/mol. The fourth-order valence-electron chi connectivity index (χ4n) is 5.65. The number of nitrogens with zero attached hydrogens (tertiary/aromatic N) is 1. The summed E-state index contributed by atoms with van der Waals surface area (Å²) >= 11 is 0. The molecule has 306 valence electrons. The van der Waals surface area contributed by atoms with Gasteiger partial charge in [0.2, 0.25) is 0 Å². The van der Waals surface area contributed by atoms with E-state index in [0.717, 1.165) is 32.1 Å². The average Bonchev–Trinajstić information content (AvgIpc) is 3.09. The van der Waals surface area contributed by atoms with Crippen molar-refractivity contribution in [2.45, 2.75) is 187 Å². The van der Waals surface area contributed by atoms with Gasteiger partial charge in [0.1, 0.15) is 19.8 Å². The Kier molecular flexibility index (Phi) is 34.2. The summed E-state index contributed by atoms with van der Waals surface area (Å²) < 4.78 is 33.7. The maximum absolute atomic E-state index is 12.6. The van der Waals surface area contributed by atoms with E-state index in [9.17, 15) is 19.0 Å². The highest BCUT2D eigenvalue weighted by Crippen LogP contribution is 2.38. The van der Waals surface area contributed by atoms with Crippen LogP contribution in [0.2, 0.25) is 0 Å². The number of phosphoric acid groups is 1. The number of hydrogen-bond acceptors (Lipinski definition) is 8. The number of quaternary nitrogens is 1. The van der Waals surface area contributed by atoms with Crippen molar-refractivity contribution in [1.29, 1.82) is 0 Å². The lowest BCUT2D eigenvalue weighted by molar-refractivity contribution is -0.870. The van der Waals surface area contributed by atoms with Crippen molar-refractivity contribution in [3.8, 4) is 0 Å². The van der Waals surface area contributed by atoms with E-state index >= 15 is 0 Å². The summed E-state index contributed by atoms with van der Waals surface area (Å²) in [6.45, 7) is 4.16. The molecule has 2 atom stereocenters. The van der Waals surface area contributed by atoms with E-state index in [0.29, 0.717) is 17.4 Å². The third kappa shape index (κ3) is 38.2. The highest BCUT2D eigenvalue weighted by atomic mass is 31.2. The summed E-state index contributed by atoms with van der Waals surface area (Å²) in [6, 6.07) is 0. The number of rotatable bonds is 38. The Labute approximate surface area is 319 Å². The molecule has 2 unspecified atom stereocenters. The molecule has 0 saturated carbocycles. The monoisotopic (exact) mass is 758 g/mol. The molecule has 0 saturated heterocycles. The van der Waals surface area contributed by atoms with Crippen LogP contribution in [-0.4, -0.2) is 70.0 Å². The number of allylic oxidation sites excluding steroid dienone is 4. The minimum absolute atomic E-state index is 0.0381. The van der Waals surface area contributed by atoms with Crippen LogP contribution >= 0.6 is 7.82 Å². The molecule has 52 heavy (non-hydrogen) atoms. The lowest BCUT2D eigenvalue weighted by Crippen LogP contribution is -2.37. The maximum Gasteiger partial charge on any atom is 0.306 e.